The van der Waals surface area contributed by atoms with Gasteiger partial charge in [0.05, 0.1) is 0 Å². The van der Waals surface area contributed by atoms with Crippen LogP contribution in [-0.4, -0.2) is 24.2 Å². The van der Waals surface area contributed by atoms with Crippen molar-refractivity contribution in [2.75, 3.05) is 13.1 Å². The molecule has 15 heavy (non-hydrogen) atoms. The number of hydrogen-bond donors (Lipinski definition) is 2. The van der Waals surface area contributed by atoms with Gasteiger partial charge in [-0.2, -0.15) is 0 Å². The quantitative estimate of drug-likeness (QED) is 0.612. The number of carboxylic acids is 1. The van der Waals surface area contributed by atoms with Gasteiger partial charge in [-0.25, -0.2) is 0 Å². The Kier molecular flexibility index (Phi) is 6.57. The first-order valence-electron chi connectivity index (χ1n) is 5.76. The molecule has 0 aromatic rings. The van der Waals surface area contributed by atoms with E-state index in [1.165, 1.54) is 0 Å². The molecule has 0 heterocycles. The summed E-state index contributed by atoms with van der Waals surface area (Å²) in [5.74, 6) is -0.0228. The summed E-state index contributed by atoms with van der Waals surface area (Å²) in [5, 5.41) is 12.0. The Bertz CT molecular complexity index is 188. The number of hydrogen-bond acceptors (Lipinski definition) is 2. The Balaban J connectivity index is 3.59. The Hall–Kier alpha value is -0.570. The van der Waals surface area contributed by atoms with Crippen molar-refractivity contribution >= 4 is 5.97 Å². The summed E-state index contributed by atoms with van der Waals surface area (Å²) >= 11 is 0. The van der Waals surface area contributed by atoms with Gasteiger partial charge in [-0.05, 0) is 37.3 Å². The molecule has 0 saturated carbocycles. The number of nitrogens with one attached hydrogen (secondary N) is 1. The number of aliphatic carboxylic acids is 1. The van der Waals surface area contributed by atoms with Crippen LogP contribution in [0.3, 0.4) is 0 Å². The molecule has 0 aliphatic rings. The molecule has 0 fully saturated rings. The Morgan fingerprint density at radius 2 is 1.93 bits per heavy atom. The summed E-state index contributed by atoms with van der Waals surface area (Å²) in [4.78, 5) is 10.4. The van der Waals surface area contributed by atoms with E-state index in [4.69, 9.17) is 5.11 Å². The van der Waals surface area contributed by atoms with E-state index in [1.54, 1.807) is 0 Å². The number of rotatable bonds is 8. The van der Waals surface area contributed by atoms with E-state index in [0.29, 0.717) is 5.92 Å². The molecule has 0 aromatic heterocycles. The monoisotopic (exact) mass is 215 g/mol. The SMILES string of the molecule is CC(C)CNCCC(C)(C)CCC(=O)O. The maximum atomic E-state index is 10.4. The number of carboxylic acid groups (broad SMARTS) is 1. The minimum atomic E-state index is -0.696. The highest BCUT2D eigenvalue weighted by Gasteiger charge is 2.18. The molecule has 0 bridgehead atoms. The highest BCUT2D eigenvalue weighted by Crippen LogP contribution is 2.25. The summed E-state index contributed by atoms with van der Waals surface area (Å²) in [6, 6.07) is 0. The van der Waals surface area contributed by atoms with Crippen molar-refractivity contribution in [3.8, 4) is 0 Å². The van der Waals surface area contributed by atoms with Crippen LogP contribution in [0.4, 0.5) is 0 Å². The molecular weight excluding hydrogens is 190 g/mol. The summed E-state index contributed by atoms with van der Waals surface area (Å²) < 4.78 is 0. The zero-order valence-corrected chi connectivity index (χ0v) is 10.5. The lowest BCUT2D eigenvalue weighted by atomic mass is 9.84. The van der Waals surface area contributed by atoms with E-state index in [1.807, 2.05) is 0 Å². The molecule has 90 valence electrons. The summed E-state index contributed by atoms with van der Waals surface area (Å²) in [6.45, 7) is 10.6. The van der Waals surface area contributed by atoms with Crippen LogP contribution in [0.1, 0.15) is 47.0 Å². The van der Waals surface area contributed by atoms with Crippen molar-refractivity contribution in [2.24, 2.45) is 11.3 Å². The van der Waals surface area contributed by atoms with Crippen LogP contribution in [0.2, 0.25) is 0 Å². The van der Waals surface area contributed by atoms with Gasteiger partial charge in [0, 0.05) is 6.42 Å². The Morgan fingerprint density at radius 1 is 1.33 bits per heavy atom. The second-order valence-corrected chi connectivity index (χ2v) is 5.41. The predicted octanol–water partition coefficient (Wildman–Crippen LogP) is 2.51. The molecule has 3 nitrogen and oxygen atoms in total. The minimum Gasteiger partial charge on any atom is -0.481 e. The third kappa shape index (κ3) is 9.73. The van der Waals surface area contributed by atoms with Gasteiger partial charge in [0.25, 0.3) is 0 Å². The van der Waals surface area contributed by atoms with Gasteiger partial charge < -0.3 is 10.4 Å². The highest BCUT2D eigenvalue weighted by molar-refractivity contribution is 5.66. The molecule has 0 aromatic carbocycles. The summed E-state index contributed by atoms with van der Waals surface area (Å²) in [6.07, 6.45) is 2.07. The van der Waals surface area contributed by atoms with Crippen molar-refractivity contribution < 1.29 is 9.90 Å². The van der Waals surface area contributed by atoms with Crippen LogP contribution in [0.25, 0.3) is 0 Å². The lowest BCUT2D eigenvalue weighted by Gasteiger charge is -2.24. The standard InChI is InChI=1S/C12H25NO2/c1-10(2)9-13-8-7-12(3,4)6-5-11(14)15/h10,13H,5-9H2,1-4H3,(H,14,15). The molecule has 2 N–H and O–H groups in total. The van der Waals surface area contributed by atoms with Crippen LogP contribution in [0.5, 0.6) is 0 Å². The van der Waals surface area contributed by atoms with Crippen molar-refractivity contribution in [2.45, 2.75) is 47.0 Å². The topological polar surface area (TPSA) is 49.3 Å². The van der Waals surface area contributed by atoms with Crippen molar-refractivity contribution in [3.63, 3.8) is 0 Å². The molecule has 0 spiro atoms. The largest absolute Gasteiger partial charge is 0.481 e. The lowest BCUT2D eigenvalue weighted by molar-refractivity contribution is -0.137. The van der Waals surface area contributed by atoms with Gasteiger partial charge >= 0.3 is 5.97 Å². The first-order chi connectivity index (χ1) is 6.83. The Labute approximate surface area is 93.3 Å². The molecule has 3 heteroatoms. The molecular formula is C12H25NO2. The van der Waals surface area contributed by atoms with E-state index in [2.05, 4.69) is 33.0 Å². The van der Waals surface area contributed by atoms with Gasteiger partial charge in [0.15, 0.2) is 0 Å². The predicted molar refractivity (Wildman–Crippen MR) is 63.0 cm³/mol. The first-order valence-corrected chi connectivity index (χ1v) is 5.76. The highest BCUT2D eigenvalue weighted by atomic mass is 16.4. The van der Waals surface area contributed by atoms with E-state index in [9.17, 15) is 4.79 Å². The zero-order chi connectivity index (χ0) is 11.9. The molecule has 0 unspecified atom stereocenters. The van der Waals surface area contributed by atoms with Crippen molar-refractivity contribution in [1.82, 2.24) is 5.32 Å². The smallest absolute Gasteiger partial charge is 0.303 e. The third-order valence-corrected chi connectivity index (χ3v) is 2.55. The summed E-state index contributed by atoms with van der Waals surface area (Å²) in [7, 11) is 0. The fourth-order valence-electron chi connectivity index (χ4n) is 1.39. The van der Waals surface area contributed by atoms with E-state index < -0.39 is 5.97 Å². The molecule has 0 radical (unpaired) electrons. The fourth-order valence-corrected chi connectivity index (χ4v) is 1.39. The average molecular weight is 215 g/mol. The van der Waals surface area contributed by atoms with E-state index in [-0.39, 0.29) is 11.8 Å². The second-order valence-electron chi connectivity index (χ2n) is 5.41. The van der Waals surface area contributed by atoms with Crippen LogP contribution in [-0.2, 0) is 4.79 Å². The zero-order valence-electron chi connectivity index (χ0n) is 10.5. The molecule has 0 amide bonds. The van der Waals surface area contributed by atoms with Crippen LogP contribution in [0.15, 0.2) is 0 Å². The van der Waals surface area contributed by atoms with Gasteiger partial charge in [-0.15, -0.1) is 0 Å². The van der Waals surface area contributed by atoms with Crippen LogP contribution >= 0.6 is 0 Å². The van der Waals surface area contributed by atoms with Gasteiger partial charge in [0.2, 0.25) is 0 Å². The van der Waals surface area contributed by atoms with Gasteiger partial charge in [-0.3, -0.25) is 4.79 Å². The summed E-state index contributed by atoms with van der Waals surface area (Å²) in [5.41, 5.74) is 0.127. The lowest BCUT2D eigenvalue weighted by Crippen LogP contribution is -2.25. The van der Waals surface area contributed by atoms with Crippen molar-refractivity contribution in [1.29, 1.82) is 0 Å². The van der Waals surface area contributed by atoms with E-state index in [0.717, 1.165) is 25.9 Å². The molecule has 0 aliphatic carbocycles. The average Bonchev–Trinajstić information content (AvgIpc) is 2.09. The normalized spacial score (nSPS) is 12.1. The van der Waals surface area contributed by atoms with Crippen LogP contribution in [0, 0.1) is 11.3 Å². The fraction of sp³-hybridized carbons (Fsp3) is 0.917. The molecule has 0 atom stereocenters. The molecule has 0 saturated heterocycles. The van der Waals surface area contributed by atoms with Gasteiger partial charge in [-0.1, -0.05) is 27.7 Å². The van der Waals surface area contributed by atoms with Gasteiger partial charge in [0.1, 0.15) is 0 Å². The minimum absolute atomic E-state index is 0.127. The maximum absolute atomic E-state index is 10.4. The third-order valence-electron chi connectivity index (χ3n) is 2.55. The van der Waals surface area contributed by atoms with Crippen molar-refractivity contribution in [3.05, 3.63) is 0 Å². The Morgan fingerprint density at radius 3 is 2.40 bits per heavy atom. The first kappa shape index (κ1) is 14.4. The van der Waals surface area contributed by atoms with Crippen LogP contribution < -0.4 is 5.32 Å². The van der Waals surface area contributed by atoms with E-state index >= 15 is 0 Å². The molecule has 0 rings (SSSR count). The second kappa shape index (κ2) is 6.83. The number of carbonyl (C=O) groups is 1. The maximum Gasteiger partial charge on any atom is 0.303 e. The molecule has 0 aliphatic heterocycles.